The maximum Gasteiger partial charge on any atom is 0.378 e. The third-order valence-electron chi connectivity index (χ3n) is 2.61. The number of carbonyl (C=O) groups is 2. The SMILES string of the molecule is CC(C)OC(=O)C(=CC(=O)O)OOC(C)(C)c1ccccc1. The number of benzene rings is 1. The summed E-state index contributed by atoms with van der Waals surface area (Å²) < 4.78 is 4.91. The lowest BCUT2D eigenvalue weighted by molar-refractivity contribution is -0.331. The van der Waals surface area contributed by atoms with Gasteiger partial charge >= 0.3 is 11.9 Å². The second-order valence-electron chi connectivity index (χ2n) is 5.34. The van der Waals surface area contributed by atoms with Gasteiger partial charge in [0, 0.05) is 0 Å². The van der Waals surface area contributed by atoms with Gasteiger partial charge in [-0.05, 0) is 33.3 Å². The zero-order valence-corrected chi connectivity index (χ0v) is 13.0. The summed E-state index contributed by atoms with van der Waals surface area (Å²) in [6, 6.07) is 9.19. The number of carbonyl (C=O) groups excluding carboxylic acids is 1. The van der Waals surface area contributed by atoms with Crippen LogP contribution >= 0.6 is 0 Å². The lowest BCUT2D eigenvalue weighted by atomic mass is 9.99. The molecule has 1 aromatic rings. The van der Waals surface area contributed by atoms with E-state index < -0.39 is 29.4 Å². The molecule has 0 spiro atoms. The average molecular weight is 308 g/mol. The molecule has 1 rings (SSSR count). The van der Waals surface area contributed by atoms with Gasteiger partial charge in [0.1, 0.15) is 5.60 Å². The maximum absolute atomic E-state index is 11.8. The van der Waals surface area contributed by atoms with Gasteiger partial charge in [-0.15, -0.1) is 0 Å². The molecule has 120 valence electrons. The maximum atomic E-state index is 11.8. The molecule has 22 heavy (non-hydrogen) atoms. The number of carboxylic acid groups (broad SMARTS) is 1. The van der Waals surface area contributed by atoms with Crippen LogP contribution in [0.4, 0.5) is 0 Å². The van der Waals surface area contributed by atoms with Gasteiger partial charge in [-0.25, -0.2) is 9.59 Å². The molecule has 0 aliphatic rings. The number of carboxylic acids is 1. The van der Waals surface area contributed by atoms with E-state index >= 15 is 0 Å². The molecular formula is C16H20O6. The largest absolute Gasteiger partial charge is 0.478 e. The Hall–Kier alpha value is -2.34. The molecule has 0 bridgehead atoms. The van der Waals surface area contributed by atoms with Crippen molar-refractivity contribution < 1.29 is 29.2 Å². The molecule has 0 saturated carbocycles. The predicted molar refractivity (Wildman–Crippen MR) is 78.6 cm³/mol. The summed E-state index contributed by atoms with van der Waals surface area (Å²) >= 11 is 0. The zero-order valence-electron chi connectivity index (χ0n) is 13.0. The van der Waals surface area contributed by atoms with E-state index in [9.17, 15) is 9.59 Å². The minimum Gasteiger partial charge on any atom is -0.478 e. The van der Waals surface area contributed by atoms with Gasteiger partial charge in [0.15, 0.2) is 0 Å². The van der Waals surface area contributed by atoms with Gasteiger partial charge in [-0.3, -0.25) is 0 Å². The van der Waals surface area contributed by atoms with Gasteiger partial charge in [0.2, 0.25) is 0 Å². The fourth-order valence-corrected chi connectivity index (χ4v) is 1.54. The molecule has 0 saturated heterocycles. The van der Waals surface area contributed by atoms with Crippen LogP contribution in [0.3, 0.4) is 0 Å². The standard InChI is InChI=1S/C16H20O6/c1-11(2)20-15(19)13(10-14(17)18)21-22-16(3,4)12-8-6-5-7-9-12/h5-11H,1-4H3,(H,17,18). The Morgan fingerprint density at radius 1 is 1.18 bits per heavy atom. The average Bonchev–Trinajstić information content (AvgIpc) is 2.43. The summed E-state index contributed by atoms with van der Waals surface area (Å²) in [6.45, 7) is 6.75. The van der Waals surface area contributed by atoms with Gasteiger partial charge in [-0.1, -0.05) is 30.3 Å². The van der Waals surface area contributed by atoms with E-state index in [-0.39, 0.29) is 0 Å². The number of hydrogen-bond acceptors (Lipinski definition) is 5. The molecule has 0 unspecified atom stereocenters. The molecule has 0 fully saturated rings. The number of esters is 1. The monoisotopic (exact) mass is 308 g/mol. The van der Waals surface area contributed by atoms with Crippen molar-refractivity contribution in [2.45, 2.75) is 39.4 Å². The molecular weight excluding hydrogens is 288 g/mol. The smallest absolute Gasteiger partial charge is 0.378 e. The number of hydrogen-bond donors (Lipinski definition) is 1. The van der Waals surface area contributed by atoms with Crippen molar-refractivity contribution >= 4 is 11.9 Å². The molecule has 1 aromatic carbocycles. The summed E-state index contributed by atoms with van der Waals surface area (Å²) in [4.78, 5) is 32.7. The normalized spacial score (nSPS) is 12.1. The molecule has 6 nitrogen and oxygen atoms in total. The quantitative estimate of drug-likeness (QED) is 0.274. The van der Waals surface area contributed by atoms with Crippen molar-refractivity contribution in [3.05, 3.63) is 47.7 Å². The van der Waals surface area contributed by atoms with Crippen LogP contribution in [0.5, 0.6) is 0 Å². The van der Waals surface area contributed by atoms with Crippen molar-refractivity contribution in [3.63, 3.8) is 0 Å². The Morgan fingerprint density at radius 2 is 1.77 bits per heavy atom. The molecule has 6 heteroatoms. The summed E-state index contributed by atoms with van der Waals surface area (Å²) in [5, 5.41) is 8.79. The van der Waals surface area contributed by atoms with Crippen LogP contribution in [0.25, 0.3) is 0 Å². The summed E-state index contributed by atoms with van der Waals surface area (Å²) in [5.74, 6) is -2.76. The molecule has 0 amide bonds. The number of rotatable bonds is 7. The highest BCUT2D eigenvalue weighted by molar-refractivity contribution is 5.93. The van der Waals surface area contributed by atoms with Crippen LogP contribution in [0.1, 0.15) is 33.3 Å². The second-order valence-corrected chi connectivity index (χ2v) is 5.34. The van der Waals surface area contributed by atoms with Crippen LogP contribution in [-0.4, -0.2) is 23.1 Å². The highest BCUT2D eigenvalue weighted by Gasteiger charge is 2.26. The first-order chi connectivity index (χ1) is 10.2. The van der Waals surface area contributed by atoms with Crippen molar-refractivity contribution in [1.82, 2.24) is 0 Å². The fourth-order valence-electron chi connectivity index (χ4n) is 1.54. The summed E-state index contributed by atoms with van der Waals surface area (Å²) in [7, 11) is 0. The van der Waals surface area contributed by atoms with Gasteiger partial charge in [0.25, 0.3) is 5.76 Å². The Bertz CT molecular complexity index is 545. The Labute approximate surface area is 129 Å². The van der Waals surface area contributed by atoms with Crippen molar-refractivity contribution in [1.29, 1.82) is 0 Å². The third-order valence-corrected chi connectivity index (χ3v) is 2.61. The third kappa shape index (κ3) is 5.57. The molecule has 1 N–H and O–H groups in total. The van der Waals surface area contributed by atoms with Gasteiger partial charge < -0.3 is 14.7 Å². The highest BCUT2D eigenvalue weighted by Crippen LogP contribution is 2.25. The number of aliphatic carboxylic acids is 1. The van der Waals surface area contributed by atoms with Crippen LogP contribution < -0.4 is 0 Å². The van der Waals surface area contributed by atoms with Crippen LogP contribution in [0.2, 0.25) is 0 Å². The van der Waals surface area contributed by atoms with Crippen LogP contribution in [0, 0.1) is 0 Å². The van der Waals surface area contributed by atoms with Crippen LogP contribution in [-0.2, 0) is 29.7 Å². The first-order valence-corrected chi connectivity index (χ1v) is 6.79. The van der Waals surface area contributed by atoms with E-state index in [4.69, 9.17) is 19.6 Å². The molecule has 0 aliphatic heterocycles. The molecule has 0 aliphatic carbocycles. The highest BCUT2D eigenvalue weighted by atomic mass is 17.2. The van der Waals surface area contributed by atoms with E-state index in [2.05, 4.69) is 0 Å². The summed E-state index contributed by atoms with van der Waals surface area (Å²) in [6.07, 6.45) is 0.196. The molecule has 0 atom stereocenters. The Kier molecular flexibility index (Phi) is 6.12. The summed E-state index contributed by atoms with van der Waals surface area (Å²) in [5.41, 5.74) is -0.0707. The lowest BCUT2D eigenvalue weighted by Crippen LogP contribution is -2.24. The van der Waals surface area contributed by atoms with Crippen molar-refractivity contribution in [3.8, 4) is 0 Å². The zero-order chi connectivity index (χ0) is 16.8. The predicted octanol–water partition coefficient (Wildman–Crippen LogP) is 2.79. The Balaban J connectivity index is 2.83. The first-order valence-electron chi connectivity index (χ1n) is 6.79. The molecule has 0 radical (unpaired) electrons. The fraction of sp³-hybridized carbons (Fsp3) is 0.375. The minimum absolute atomic E-state index is 0.407. The van der Waals surface area contributed by atoms with E-state index in [1.165, 1.54) is 0 Å². The molecule has 0 aromatic heterocycles. The minimum atomic E-state index is -1.34. The second kappa shape index (κ2) is 7.61. The Morgan fingerprint density at radius 3 is 2.27 bits per heavy atom. The lowest BCUT2D eigenvalue weighted by Gasteiger charge is -2.24. The van der Waals surface area contributed by atoms with Gasteiger partial charge in [0.05, 0.1) is 12.2 Å². The van der Waals surface area contributed by atoms with Crippen molar-refractivity contribution in [2.75, 3.05) is 0 Å². The van der Waals surface area contributed by atoms with E-state index in [0.717, 1.165) is 5.56 Å². The first kappa shape index (κ1) is 17.7. The molecule has 0 heterocycles. The van der Waals surface area contributed by atoms with Crippen molar-refractivity contribution in [2.24, 2.45) is 0 Å². The topological polar surface area (TPSA) is 82.1 Å². The van der Waals surface area contributed by atoms with E-state index in [1.807, 2.05) is 30.3 Å². The van der Waals surface area contributed by atoms with E-state index in [1.54, 1.807) is 27.7 Å². The number of ether oxygens (including phenoxy) is 1. The van der Waals surface area contributed by atoms with Crippen LogP contribution in [0.15, 0.2) is 42.2 Å². The van der Waals surface area contributed by atoms with E-state index in [0.29, 0.717) is 6.08 Å². The van der Waals surface area contributed by atoms with Gasteiger partial charge in [-0.2, -0.15) is 4.89 Å².